The van der Waals surface area contributed by atoms with Crippen LogP contribution < -0.4 is 5.73 Å². The highest BCUT2D eigenvalue weighted by Gasteiger charge is 2.37. The molecular formula is C8H18N2O. The molecule has 3 heteroatoms. The maximum Gasteiger partial charge on any atom is 0.0569 e. The van der Waals surface area contributed by atoms with Gasteiger partial charge in [0.25, 0.3) is 0 Å². The molecule has 0 bridgehead atoms. The zero-order valence-electron chi connectivity index (χ0n) is 7.47. The summed E-state index contributed by atoms with van der Waals surface area (Å²) < 4.78 is 5.17. The summed E-state index contributed by atoms with van der Waals surface area (Å²) in [5.41, 5.74) is 5.93. The Morgan fingerprint density at radius 1 is 1.55 bits per heavy atom. The van der Waals surface area contributed by atoms with Crippen molar-refractivity contribution in [1.82, 2.24) is 4.90 Å². The number of nitrogens with two attached hydrogens (primary N) is 1. The average molecular weight is 158 g/mol. The fraction of sp³-hybridized carbons (Fsp3) is 1.00. The van der Waals surface area contributed by atoms with Crippen molar-refractivity contribution in [3.8, 4) is 0 Å². The molecule has 1 rings (SSSR count). The average Bonchev–Trinajstić information content (AvgIpc) is 1.96. The smallest absolute Gasteiger partial charge is 0.0569 e. The second-order valence-corrected chi connectivity index (χ2v) is 3.53. The molecule has 3 nitrogen and oxygen atoms in total. The quantitative estimate of drug-likeness (QED) is 0.621. The molecule has 1 aliphatic heterocycles. The molecular weight excluding hydrogens is 140 g/mol. The lowest BCUT2D eigenvalue weighted by atomic mass is 9.85. The van der Waals surface area contributed by atoms with Crippen molar-refractivity contribution in [2.75, 3.05) is 39.9 Å². The minimum Gasteiger partial charge on any atom is -0.380 e. The maximum atomic E-state index is 5.67. The summed E-state index contributed by atoms with van der Waals surface area (Å²) in [5, 5.41) is 0. The number of hydrogen-bond donors (Lipinski definition) is 1. The maximum absolute atomic E-state index is 5.67. The SMILES string of the molecule is CCN(C)CC1(CN)COC1. The molecule has 1 saturated heterocycles. The predicted molar refractivity (Wildman–Crippen MR) is 45.5 cm³/mol. The Hall–Kier alpha value is -0.120. The van der Waals surface area contributed by atoms with Gasteiger partial charge in [-0.1, -0.05) is 6.92 Å². The van der Waals surface area contributed by atoms with Gasteiger partial charge in [0.05, 0.1) is 13.2 Å². The van der Waals surface area contributed by atoms with E-state index in [-0.39, 0.29) is 5.41 Å². The minimum atomic E-state index is 0.269. The van der Waals surface area contributed by atoms with Crippen molar-refractivity contribution in [2.45, 2.75) is 6.92 Å². The van der Waals surface area contributed by atoms with Crippen LogP contribution in [0.1, 0.15) is 6.92 Å². The van der Waals surface area contributed by atoms with Crippen molar-refractivity contribution in [3.63, 3.8) is 0 Å². The highest BCUT2D eigenvalue weighted by Crippen LogP contribution is 2.26. The van der Waals surface area contributed by atoms with Crippen molar-refractivity contribution in [1.29, 1.82) is 0 Å². The number of hydrogen-bond acceptors (Lipinski definition) is 3. The molecule has 1 heterocycles. The molecule has 0 aromatic rings. The van der Waals surface area contributed by atoms with E-state index in [0.717, 1.165) is 32.8 Å². The number of ether oxygens (including phenoxy) is 1. The fourth-order valence-electron chi connectivity index (χ4n) is 1.35. The molecule has 0 aromatic heterocycles. The molecule has 0 saturated carbocycles. The zero-order valence-corrected chi connectivity index (χ0v) is 7.47. The van der Waals surface area contributed by atoms with Gasteiger partial charge in [-0.2, -0.15) is 0 Å². The number of nitrogens with zero attached hydrogens (tertiary/aromatic N) is 1. The summed E-state index contributed by atoms with van der Waals surface area (Å²) >= 11 is 0. The highest BCUT2D eigenvalue weighted by molar-refractivity contribution is 4.88. The third-order valence-electron chi connectivity index (χ3n) is 2.39. The van der Waals surface area contributed by atoms with Crippen LogP contribution in [0.3, 0.4) is 0 Å². The Bertz CT molecular complexity index is 118. The highest BCUT2D eigenvalue weighted by atomic mass is 16.5. The molecule has 0 atom stereocenters. The molecule has 11 heavy (non-hydrogen) atoms. The van der Waals surface area contributed by atoms with Crippen LogP contribution in [0, 0.1) is 5.41 Å². The molecule has 0 amide bonds. The molecule has 1 aliphatic rings. The lowest BCUT2D eigenvalue weighted by Crippen LogP contribution is -2.54. The first kappa shape index (κ1) is 8.97. The van der Waals surface area contributed by atoms with Gasteiger partial charge in [-0.3, -0.25) is 0 Å². The summed E-state index contributed by atoms with van der Waals surface area (Å²) in [6.07, 6.45) is 0. The van der Waals surface area contributed by atoms with Crippen molar-refractivity contribution in [3.05, 3.63) is 0 Å². The van der Waals surface area contributed by atoms with Crippen LogP contribution in [0.15, 0.2) is 0 Å². The van der Waals surface area contributed by atoms with E-state index >= 15 is 0 Å². The first-order valence-corrected chi connectivity index (χ1v) is 4.19. The largest absolute Gasteiger partial charge is 0.380 e. The van der Waals surface area contributed by atoms with Crippen LogP contribution in [0.2, 0.25) is 0 Å². The monoisotopic (exact) mass is 158 g/mol. The van der Waals surface area contributed by atoms with Crippen LogP contribution >= 0.6 is 0 Å². The standard InChI is InChI=1S/C8H18N2O/c1-3-10(2)5-8(4-9)6-11-7-8/h3-7,9H2,1-2H3. The van der Waals surface area contributed by atoms with Gasteiger partial charge in [0, 0.05) is 18.5 Å². The van der Waals surface area contributed by atoms with Crippen molar-refractivity contribution in [2.24, 2.45) is 11.1 Å². The van der Waals surface area contributed by atoms with Gasteiger partial charge in [0.1, 0.15) is 0 Å². The lowest BCUT2D eigenvalue weighted by molar-refractivity contribution is -0.117. The Morgan fingerprint density at radius 2 is 2.18 bits per heavy atom. The summed E-state index contributed by atoms with van der Waals surface area (Å²) in [6, 6.07) is 0. The third kappa shape index (κ3) is 1.92. The first-order chi connectivity index (χ1) is 5.22. The zero-order chi connectivity index (χ0) is 8.32. The molecule has 66 valence electrons. The van der Waals surface area contributed by atoms with E-state index in [1.54, 1.807) is 0 Å². The van der Waals surface area contributed by atoms with E-state index in [4.69, 9.17) is 10.5 Å². The van der Waals surface area contributed by atoms with Gasteiger partial charge in [-0.25, -0.2) is 0 Å². The number of rotatable bonds is 4. The topological polar surface area (TPSA) is 38.5 Å². The fourth-order valence-corrected chi connectivity index (χ4v) is 1.35. The van der Waals surface area contributed by atoms with E-state index < -0.39 is 0 Å². The Kier molecular flexibility index (Phi) is 2.87. The first-order valence-electron chi connectivity index (χ1n) is 4.19. The van der Waals surface area contributed by atoms with Crippen LogP contribution in [0.4, 0.5) is 0 Å². The summed E-state index contributed by atoms with van der Waals surface area (Å²) in [6.45, 7) is 6.74. The van der Waals surface area contributed by atoms with Gasteiger partial charge in [0.15, 0.2) is 0 Å². The lowest BCUT2D eigenvalue weighted by Gasteiger charge is -2.42. The van der Waals surface area contributed by atoms with Gasteiger partial charge >= 0.3 is 0 Å². The van der Waals surface area contributed by atoms with Crippen LogP contribution in [0.5, 0.6) is 0 Å². The van der Waals surface area contributed by atoms with Crippen LogP contribution in [-0.4, -0.2) is 44.8 Å². The van der Waals surface area contributed by atoms with E-state index in [0.29, 0.717) is 0 Å². The van der Waals surface area contributed by atoms with Crippen molar-refractivity contribution < 1.29 is 4.74 Å². The normalized spacial score (nSPS) is 21.8. The Labute approximate surface area is 68.5 Å². The van der Waals surface area contributed by atoms with Gasteiger partial charge < -0.3 is 15.4 Å². The molecule has 2 N–H and O–H groups in total. The van der Waals surface area contributed by atoms with Gasteiger partial charge in [-0.15, -0.1) is 0 Å². The minimum absolute atomic E-state index is 0.269. The second kappa shape index (κ2) is 3.52. The van der Waals surface area contributed by atoms with E-state index in [1.807, 2.05) is 0 Å². The molecule has 0 aliphatic carbocycles. The van der Waals surface area contributed by atoms with Crippen LogP contribution in [0.25, 0.3) is 0 Å². The van der Waals surface area contributed by atoms with Gasteiger partial charge in [0.2, 0.25) is 0 Å². The Morgan fingerprint density at radius 3 is 2.45 bits per heavy atom. The summed E-state index contributed by atoms with van der Waals surface area (Å²) in [4.78, 5) is 2.29. The van der Waals surface area contributed by atoms with Crippen LogP contribution in [-0.2, 0) is 4.74 Å². The van der Waals surface area contributed by atoms with Crippen molar-refractivity contribution >= 4 is 0 Å². The summed E-state index contributed by atoms with van der Waals surface area (Å²) in [7, 11) is 2.12. The second-order valence-electron chi connectivity index (χ2n) is 3.53. The van der Waals surface area contributed by atoms with E-state index in [2.05, 4.69) is 18.9 Å². The third-order valence-corrected chi connectivity index (χ3v) is 2.39. The Balaban J connectivity index is 2.32. The molecule has 1 fully saturated rings. The molecule has 0 unspecified atom stereocenters. The molecule has 0 spiro atoms. The van der Waals surface area contributed by atoms with E-state index in [9.17, 15) is 0 Å². The van der Waals surface area contributed by atoms with E-state index in [1.165, 1.54) is 0 Å². The summed E-state index contributed by atoms with van der Waals surface area (Å²) in [5.74, 6) is 0. The molecule has 0 aromatic carbocycles. The predicted octanol–water partition coefficient (Wildman–Crippen LogP) is -0.0866. The van der Waals surface area contributed by atoms with Gasteiger partial charge in [-0.05, 0) is 13.6 Å². The molecule has 0 radical (unpaired) electrons.